The molecule has 0 saturated heterocycles. The van der Waals surface area contributed by atoms with Crippen LogP contribution in [0, 0.1) is 0 Å². The maximum Gasteiger partial charge on any atom is 0.117 e. The molecule has 0 saturated carbocycles. The second kappa shape index (κ2) is 3.67. The first-order valence-electron chi connectivity index (χ1n) is 3.56. The first kappa shape index (κ1) is 8.46. The summed E-state index contributed by atoms with van der Waals surface area (Å²) in [5.41, 5.74) is 1.30. The van der Waals surface area contributed by atoms with E-state index in [0.29, 0.717) is 11.4 Å². The largest absolute Gasteiger partial charge is 0.508 e. The highest BCUT2D eigenvalue weighted by Gasteiger charge is 1.98. The van der Waals surface area contributed by atoms with Gasteiger partial charge in [-0.2, -0.15) is 0 Å². The Balaban J connectivity index is 3.20. The summed E-state index contributed by atoms with van der Waals surface area (Å²) in [5.74, 6) is 0.183. The highest BCUT2D eigenvalue weighted by molar-refractivity contribution is 5.71. The van der Waals surface area contributed by atoms with Crippen molar-refractivity contribution in [1.29, 1.82) is 0 Å². The van der Waals surface area contributed by atoms with Crippen LogP contribution in [-0.2, 0) is 0 Å². The van der Waals surface area contributed by atoms with Crippen LogP contribution in [0.5, 0.6) is 5.75 Å². The zero-order valence-electron chi connectivity index (χ0n) is 6.86. The third-order valence-electron chi connectivity index (χ3n) is 1.40. The number of nitrogens with zero attached hydrogens (tertiary/aromatic N) is 2. The van der Waals surface area contributed by atoms with E-state index < -0.39 is 0 Å². The molecule has 62 valence electrons. The maximum absolute atomic E-state index is 9.12. The topological polar surface area (TPSA) is 45.0 Å². The number of aliphatic imine (C=N–C) groups is 2. The van der Waals surface area contributed by atoms with Crippen LogP contribution < -0.4 is 0 Å². The van der Waals surface area contributed by atoms with Crippen molar-refractivity contribution in [2.24, 2.45) is 9.98 Å². The Labute approximate surface area is 71.1 Å². The molecule has 3 nitrogen and oxygen atoms in total. The predicted octanol–water partition coefficient (Wildman–Crippen LogP) is 2.45. The summed E-state index contributed by atoms with van der Waals surface area (Å²) in [6.45, 7) is 5.20. The lowest BCUT2D eigenvalue weighted by Gasteiger charge is -1.99. The highest BCUT2D eigenvalue weighted by Crippen LogP contribution is 2.30. The van der Waals surface area contributed by atoms with Crippen molar-refractivity contribution in [1.82, 2.24) is 0 Å². The fourth-order valence-electron chi connectivity index (χ4n) is 0.888. The average molecular weight is 162 g/mol. The van der Waals surface area contributed by atoms with Crippen molar-refractivity contribution in [3.05, 3.63) is 18.2 Å². The molecule has 0 aromatic heterocycles. The number of hydrogen-bond donors (Lipinski definition) is 1. The zero-order chi connectivity index (χ0) is 8.97. The van der Waals surface area contributed by atoms with Gasteiger partial charge in [0, 0.05) is 12.3 Å². The molecule has 0 bridgehead atoms. The monoisotopic (exact) mass is 162 g/mol. The molecule has 0 aliphatic carbocycles. The Bertz CT molecular complexity index is 318. The van der Waals surface area contributed by atoms with Gasteiger partial charge in [0.05, 0.1) is 11.4 Å². The van der Waals surface area contributed by atoms with Crippen molar-refractivity contribution in [2.45, 2.75) is 6.92 Å². The van der Waals surface area contributed by atoms with Crippen molar-refractivity contribution in [3.63, 3.8) is 0 Å². The molecule has 0 amide bonds. The minimum atomic E-state index is 0.183. The summed E-state index contributed by atoms with van der Waals surface area (Å²) in [6, 6.07) is 4.77. The zero-order valence-corrected chi connectivity index (χ0v) is 6.86. The SMILES string of the molecule is C=Nc1ccc(O)cc1N=CC. The van der Waals surface area contributed by atoms with Gasteiger partial charge in [-0.25, -0.2) is 0 Å². The van der Waals surface area contributed by atoms with Gasteiger partial charge in [0.2, 0.25) is 0 Å². The minimum absolute atomic E-state index is 0.183. The van der Waals surface area contributed by atoms with Gasteiger partial charge in [-0.3, -0.25) is 9.98 Å². The molecule has 0 aliphatic heterocycles. The van der Waals surface area contributed by atoms with Gasteiger partial charge in [-0.05, 0) is 25.8 Å². The van der Waals surface area contributed by atoms with Crippen molar-refractivity contribution < 1.29 is 5.11 Å². The van der Waals surface area contributed by atoms with E-state index in [9.17, 15) is 0 Å². The van der Waals surface area contributed by atoms with E-state index in [1.54, 1.807) is 31.3 Å². The van der Waals surface area contributed by atoms with Crippen LogP contribution in [0.15, 0.2) is 28.2 Å². The number of rotatable bonds is 2. The van der Waals surface area contributed by atoms with E-state index in [-0.39, 0.29) is 5.75 Å². The van der Waals surface area contributed by atoms with Gasteiger partial charge in [-0.1, -0.05) is 0 Å². The molecule has 3 heteroatoms. The molecule has 1 rings (SSSR count). The van der Waals surface area contributed by atoms with E-state index in [0.717, 1.165) is 0 Å². The van der Waals surface area contributed by atoms with Crippen molar-refractivity contribution in [3.8, 4) is 5.75 Å². The fraction of sp³-hybridized carbons (Fsp3) is 0.111. The molecule has 0 fully saturated rings. The second-order valence-electron chi connectivity index (χ2n) is 2.22. The fourth-order valence-corrected chi connectivity index (χ4v) is 0.888. The first-order chi connectivity index (χ1) is 5.77. The van der Waals surface area contributed by atoms with Gasteiger partial charge in [0.25, 0.3) is 0 Å². The van der Waals surface area contributed by atoms with E-state index >= 15 is 0 Å². The number of phenolic OH excluding ortho intramolecular Hbond substituents is 1. The van der Waals surface area contributed by atoms with E-state index in [4.69, 9.17) is 5.11 Å². The van der Waals surface area contributed by atoms with Crippen molar-refractivity contribution >= 4 is 24.3 Å². The Morgan fingerprint density at radius 1 is 1.42 bits per heavy atom. The molecule has 0 spiro atoms. The Morgan fingerprint density at radius 2 is 2.17 bits per heavy atom. The molecular formula is C9H10N2O. The molecule has 1 aromatic rings. The Morgan fingerprint density at radius 3 is 2.75 bits per heavy atom. The van der Waals surface area contributed by atoms with Gasteiger partial charge in [0.15, 0.2) is 0 Å². The first-order valence-corrected chi connectivity index (χ1v) is 3.56. The lowest BCUT2D eigenvalue weighted by Crippen LogP contribution is -1.69. The molecule has 1 N–H and O–H groups in total. The Kier molecular flexibility index (Phi) is 2.58. The van der Waals surface area contributed by atoms with Crippen LogP contribution in [0.2, 0.25) is 0 Å². The molecule has 0 radical (unpaired) electrons. The van der Waals surface area contributed by atoms with E-state index in [1.165, 1.54) is 0 Å². The number of aromatic hydroxyl groups is 1. The lowest BCUT2D eigenvalue weighted by atomic mass is 10.2. The third-order valence-corrected chi connectivity index (χ3v) is 1.40. The van der Waals surface area contributed by atoms with Gasteiger partial charge >= 0.3 is 0 Å². The van der Waals surface area contributed by atoms with Gasteiger partial charge in [0.1, 0.15) is 5.75 Å². The predicted molar refractivity (Wildman–Crippen MR) is 51.1 cm³/mol. The summed E-state index contributed by atoms with van der Waals surface area (Å²) in [4.78, 5) is 7.77. The van der Waals surface area contributed by atoms with Crippen LogP contribution >= 0.6 is 0 Å². The van der Waals surface area contributed by atoms with Crippen LogP contribution in [0.3, 0.4) is 0 Å². The second-order valence-corrected chi connectivity index (χ2v) is 2.22. The molecule has 12 heavy (non-hydrogen) atoms. The molecule has 0 aliphatic rings. The van der Waals surface area contributed by atoms with Crippen LogP contribution in [-0.4, -0.2) is 18.0 Å². The normalized spacial score (nSPS) is 10.4. The highest BCUT2D eigenvalue weighted by atomic mass is 16.3. The van der Waals surface area contributed by atoms with Crippen LogP contribution in [0.1, 0.15) is 6.92 Å². The van der Waals surface area contributed by atoms with Gasteiger partial charge < -0.3 is 5.11 Å². The summed E-state index contributed by atoms with van der Waals surface area (Å²) in [7, 11) is 0. The third kappa shape index (κ3) is 1.69. The number of hydrogen-bond acceptors (Lipinski definition) is 3. The minimum Gasteiger partial charge on any atom is -0.508 e. The van der Waals surface area contributed by atoms with E-state index in [2.05, 4.69) is 16.7 Å². The number of phenols is 1. The molecule has 0 unspecified atom stereocenters. The molecule has 0 heterocycles. The number of benzene rings is 1. The lowest BCUT2D eigenvalue weighted by molar-refractivity contribution is 0.475. The molecular weight excluding hydrogens is 152 g/mol. The molecule has 0 atom stereocenters. The average Bonchev–Trinajstić information content (AvgIpc) is 2.05. The maximum atomic E-state index is 9.12. The summed E-state index contributed by atoms with van der Waals surface area (Å²) in [6.07, 6.45) is 1.64. The smallest absolute Gasteiger partial charge is 0.117 e. The van der Waals surface area contributed by atoms with Crippen molar-refractivity contribution in [2.75, 3.05) is 0 Å². The summed E-state index contributed by atoms with van der Waals surface area (Å²) in [5, 5.41) is 9.12. The quantitative estimate of drug-likeness (QED) is 0.667. The summed E-state index contributed by atoms with van der Waals surface area (Å²) >= 11 is 0. The molecule has 1 aromatic carbocycles. The van der Waals surface area contributed by atoms with E-state index in [1.807, 2.05) is 0 Å². The van der Waals surface area contributed by atoms with Crippen LogP contribution in [0.25, 0.3) is 0 Å². The Hall–Kier alpha value is -1.64. The summed E-state index contributed by atoms with van der Waals surface area (Å²) < 4.78 is 0. The van der Waals surface area contributed by atoms with Crippen LogP contribution in [0.4, 0.5) is 11.4 Å². The standard InChI is InChI=1S/C9H10N2O/c1-3-11-9-6-7(12)4-5-8(9)10-2/h3-6,12H,2H2,1H3. The van der Waals surface area contributed by atoms with Gasteiger partial charge in [-0.15, -0.1) is 0 Å².